The van der Waals surface area contributed by atoms with Crippen LogP contribution in [0.25, 0.3) is 16.7 Å². The Hall–Kier alpha value is -3.34. The molecule has 1 atom stereocenters. The summed E-state index contributed by atoms with van der Waals surface area (Å²) in [5.41, 5.74) is 4.54. The minimum absolute atomic E-state index is 0.110. The lowest BCUT2D eigenvalue weighted by Gasteiger charge is -2.13. The van der Waals surface area contributed by atoms with Crippen molar-refractivity contribution in [1.29, 1.82) is 0 Å². The lowest BCUT2D eigenvalue weighted by atomic mass is 10.1. The van der Waals surface area contributed by atoms with Crippen LogP contribution < -0.4 is 5.32 Å². The van der Waals surface area contributed by atoms with Crippen molar-refractivity contribution < 1.29 is 9.21 Å². The predicted octanol–water partition coefficient (Wildman–Crippen LogP) is 5.30. The number of rotatable bonds is 5. The molecule has 4 aromatic rings. The van der Waals surface area contributed by atoms with Crippen LogP contribution in [-0.2, 0) is 0 Å². The van der Waals surface area contributed by atoms with Gasteiger partial charge in [0.2, 0.25) is 0 Å². The first-order chi connectivity index (χ1) is 14.1. The zero-order chi connectivity index (χ0) is 20.0. The van der Waals surface area contributed by atoms with E-state index in [0.29, 0.717) is 11.5 Å². The van der Waals surface area contributed by atoms with Crippen LogP contribution in [0, 0.1) is 6.92 Å². The molecule has 1 saturated carbocycles. The second-order valence-corrected chi connectivity index (χ2v) is 7.75. The summed E-state index contributed by atoms with van der Waals surface area (Å²) >= 11 is 0. The van der Waals surface area contributed by atoms with Gasteiger partial charge in [0.05, 0.1) is 29.2 Å². The molecule has 5 nitrogen and oxygen atoms in total. The number of nitrogens with zero attached hydrogens (tertiary/aromatic N) is 2. The maximum atomic E-state index is 13.1. The molecule has 5 rings (SSSR count). The molecule has 2 aromatic carbocycles. The molecule has 1 amide bonds. The van der Waals surface area contributed by atoms with E-state index in [1.165, 1.54) is 0 Å². The molecule has 1 fully saturated rings. The Morgan fingerprint density at radius 2 is 1.86 bits per heavy atom. The number of aryl methyl sites for hydroxylation is 1. The van der Waals surface area contributed by atoms with Gasteiger partial charge in [-0.15, -0.1) is 0 Å². The van der Waals surface area contributed by atoms with Crippen LogP contribution in [0.1, 0.15) is 59.1 Å². The third kappa shape index (κ3) is 3.12. The Labute approximate surface area is 169 Å². The summed E-state index contributed by atoms with van der Waals surface area (Å²) in [5, 5.41) is 8.73. The molecule has 0 bridgehead atoms. The third-order valence-electron chi connectivity index (χ3n) is 5.64. The van der Waals surface area contributed by atoms with Crippen LogP contribution in [0.3, 0.4) is 0 Å². The number of carbonyl (C=O) groups is 1. The molecule has 2 aromatic heterocycles. The number of carbonyl (C=O) groups excluding carboxylic acids is 1. The summed E-state index contributed by atoms with van der Waals surface area (Å²) in [5.74, 6) is 1.08. The highest BCUT2D eigenvalue weighted by atomic mass is 16.3. The standard InChI is InChI=1S/C24H23N3O2/c1-15-19-10-6-7-11-21(19)29-23(15)16(2)26-24(28)20-14-25-27(22(20)17-12-13-17)18-8-4-3-5-9-18/h3-11,14,16-17H,12-13H2,1-2H3,(H,26,28). The first-order valence-electron chi connectivity index (χ1n) is 10.1. The highest BCUT2D eigenvalue weighted by molar-refractivity contribution is 5.96. The first-order valence-corrected chi connectivity index (χ1v) is 10.1. The Balaban J connectivity index is 1.45. The van der Waals surface area contributed by atoms with Crippen molar-refractivity contribution in [1.82, 2.24) is 15.1 Å². The summed E-state index contributed by atoms with van der Waals surface area (Å²) in [6.45, 7) is 3.99. The van der Waals surface area contributed by atoms with Crippen molar-refractivity contribution in [2.24, 2.45) is 0 Å². The third-order valence-corrected chi connectivity index (χ3v) is 5.64. The first kappa shape index (κ1) is 17.7. The molecule has 2 heterocycles. The lowest BCUT2D eigenvalue weighted by molar-refractivity contribution is 0.0934. The SMILES string of the molecule is Cc1c(C(C)NC(=O)c2cnn(-c3ccccc3)c2C2CC2)oc2ccccc12. The molecule has 1 aliphatic carbocycles. The quantitative estimate of drug-likeness (QED) is 0.507. The van der Waals surface area contributed by atoms with Gasteiger partial charge in [-0.1, -0.05) is 36.4 Å². The van der Waals surface area contributed by atoms with Gasteiger partial charge in [-0.2, -0.15) is 5.10 Å². The summed E-state index contributed by atoms with van der Waals surface area (Å²) in [4.78, 5) is 13.1. The smallest absolute Gasteiger partial charge is 0.255 e. The van der Waals surface area contributed by atoms with E-state index in [-0.39, 0.29) is 11.9 Å². The zero-order valence-corrected chi connectivity index (χ0v) is 16.6. The number of benzene rings is 2. The van der Waals surface area contributed by atoms with E-state index < -0.39 is 0 Å². The van der Waals surface area contributed by atoms with Gasteiger partial charge in [0, 0.05) is 16.9 Å². The van der Waals surface area contributed by atoms with Gasteiger partial charge in [-0.05, 0) is 44.9 Å². The molecule has 0 spiro atoms. The number of nitrogens with one attached hydrogen (secondary N) is 1. The molecule has 29 heavy (non-hydrogen) atoms. The molecular formula is C24H23N3O2. The van der Waals surface area contributed by atoms with E-state index in [2.05, 4.69) is 10.4 Å². The van der Waals surface area contributed by atoms with Gasteiger partial charge in [0.1, 0.15) is 11.3 Å². The molecule has 146 valence electrons. The van der Waals surface area contributed by atoms with Gasteiger partial charge in [0.15, 0.2) is 0 Å². The molecule has 0 saturated heterocycles. The molecule has 0 aliphatic heterocycles. The van der Waals surface area contributed by atoms with Crippen molar-refractivity contribution in [3.63, 3.8) is 0 Å². The Morgan fingerprint density at radius 3 is 2.59 bits per heavy atom. The maximum Gasteiger partial charge on any atom is 0.255 e. The largest absolute Gasteiger partial charge is 0.459 e. The fourth-order valence-electron chi connectivity index (χ4n) is 4.00. The number of fused-ring (bicyclic) bond motifs is 1. The highest BCUT2D eigenvalue weighted by Gasteiger charge is 2.33. The van der Waals surface area contributed by atoms with Crippen LogP contribution in [0.5, 0.6) is 0 Å². The summed E-state index contributed by atoms with van der Waals surface area (Å²) in [6.07, 6.45) is 3.88. The molecule has 1 N–H and O–H groups in total. The second kappa shape index (κ2) is 6.92. The van der Waals surface area contributed by atoms with Gasteiger partial charge in [-0.3, -0.25) is 4.79 Å². The number of hydrogen-bond acceptors (Lipinski definition) is 3. The Morgan fingerprint density at radius 1 is 1.14 bits per heavy atom. The molecule has 1 aliphatic rings. The van der Waals surface area contributed by atoms with Crippen LogP contribution in [0.2, 0.25) is 0 Å². The van der Waals surface area contributed by atoms with E-state index >= 15 is 0 Å². The van der Waals surface area contributed by atoms with Crippen molar-refractivity contribution in [2.75, 3.05) is 0 Å². The topological polar surface area (TPSA) is 60.1 Å². The number of amides is 1. The average Bonchev–Trinajstić information content (AvgIpc) is 3.39. The fourth-order valence-corrected chi connectivity index (χ4v) is 4.00. The second-order valence-electron chi connectivity index (χ2n) is 7.75. The molecular weight excluding hydrogens is 362 g/mol. The Kier molecular flexibility index (Phi) is 4.23. The number of aromatic nitrogens is 2. The van der Waals surface area contributed by atoms with E-state index in [0.717, 1.165) is 46.5 Å². The van der Waals surface area contributed by atoms with E-state index in [1.807, 2.05) is 73.1 Å². The highest BCUT2D eigenvalue weighted by Crippen LogP contribution is 2.42. The molecule has 5 heteroatoms. The van der Waals surface area contributed by atoms with Gasteiger partial charge in [-0.25, -0.2) is 4.68 Å². The van der Waals surface area contributed by atoms with Crippen molar-refractivity contribution >= 4 is 16.9 Å². The van der Waals surface area contributed by atoms with Crippen LogP contribution >= 0.6 is 0 Å². The summed E-state index contributed by atoms with van der Waals surface area (Å²) in [7, 11) is 0. The van der Waals surface area contributed by atoms with Gasteiger partial charge in [0.25, 0.3) is 5.91 Å². The van der Waals surface area contributed by atoms with Crippen molar-refractivity contribution in [2.45, 2.75) is 38.6 Å². The normalized spacial score (nSPS) is 14.8. The maximum absolute atomic E-state index is 13.1. The fraction of sp³-hybridized carbons (Fsp3) is 0.250. The van der Waals surface area contributed by atoms with Gasteiger partial charge >= 0.3 is 0 Å². The minimum atomic E-state index is -0.234. The van der Waals surface area contributed by atoms with Crippen LogP contribution in [0.4, 0.5) is 0 Å². The summed E-state index contributed by atoms with van der Waals surface area (Å²) in [6, 6.07) is 17.7. The van der Waals surface area contributed by atoms with E-state index in [4.69, 9.17) is 4.42 Å². The van der Waals surface area contributed by atoms with Crippen LogP contribution in [0.15, 0.2) is 65.2 Å². The average molecular weight is 385 g/mol. The molecule has 0 radical (unpaired) electrons. The lowest BCUT2D eigenvalue weighted by Crippen LogP contribution is -2.27. The van der Waals surface area contributed by atoms with Crippen molar-refractivity contribution in [3.05, 3.63) is 83.4 Å². The van der Waals surface area contributed by atoms with E-state index in [9.17, 15) is 4.79 Å². The predicted molar refractivity (Wildman–Crippen MR) is 112 cm³/mol. The number of furan rings is 1. The monoisotopic (exact) mass is 385 g/mol. The zero-order valence-electron chi connectivity index (χ0n) is 16.6. The number of hydrogen-bond donors (Lipinski definition) is 1. The minimum Gasteiger partial charge on any atom is -0.459 e. The Bertz CT molecular complexity index is 1190. The summed E-state index contributed by atoms with van der Waals surface area (Å²) < 4.78 is 7.93. The number of para-hydroxylation sites is 2. The van der Waals surface area contributed by atoms with Crippen LogP contribution in [-0.4, -0.2) is 15.7 Å². The molecule has 1 unspecified atom stereocenters. The van der Waals surface area contributed by atoms with E-state index in [1.54, 1.807) is 6.20 Å². The van der Waals surface area contributed by atoms with Crippen molar-refractivity contribution in [3.8, 4) is 5.69 Å². The van der Waals surface area contributed by atoms with Gasteiger partial charge < -0.3 is 9.73 Å².